The fourth-order valence-electron chi connectivity index (χ4n) is 2.00. The number of unbranched alkanes of at least 4 members (excludes halogenated alkanes) is 3. The molecule has 21 heavy (non-hydrogen) atoms. The standard InChI is InChI=1S/C14H20N2O3S2/c1-3-4-5-6-9-20-14-15-12-8-7-11(19-2)10-13(12)21(17,18)16-14/h7-8,10H,3-6,9H2,1-2H3,(H,15,16). The number of methoxy groups -OCH3 is 1. The number of rotatable bonds is 6. The van der Waals surface area contributed by atoms with Crippen molar-refractivity contribution in [2.24, 2.45) is 4.40 Å². The Bertz CT molecular complexity index is 627. The number of ether oxygens (including phenoxy) is 1. The van der Waals surface area contributed by atoms with Gasteiger partial charge in [0.25, 0.3) is 10.0 Å². The van der Waals surface area contributed by atoms with Crippen LogP contribution in [-0.4, -0.2) is 26.4 Å². The molecule has 1 aromatic rings. The number of sulfonamides is 1. The average molecular weight is 328 g/mol. The summed E-state index contributed by atoms with van der Waals surface area (Å²) in [5, 5.41) is 3.52. The molecule has 0 amide bonds. The molecule has 1 N–H and O–H groups in total. The van der Waals surface area contributed by atoms with E-state index in [-0.39, 0.29) is 4.90 Å². The molecule has 0 radical (unpaired) electrons. The number of anilines is 1. The zero-order valence-electron chi connectivity index (χ0n) is 12.3. The van der Waals surface area contributed by atoms with Gasteiger partial charge in [0.15, 0.2) is 5.17 Å². The first-order valence-corrected chi connectivity index (χ1v) is 9.42. The smallest absolute Gasteiger partial charge is 0.286 e. The van der Waals surface area contributed by atoms with Gasteiger partial charge >= 0.3 is 0 Å². The van der Waals surface area contributed by atoms with Crippen LogP contribution in [0, 0.1) is 0 Å². The molecule has 0 unspecified atom stereocenters. The Hall–Kier alpha value is -1.21. The van der Waals surface area contributed by atoms with E-state index < -0.39 is 10.0 Å². The predicted molar refractivity (Wildman–Crippen MR) is 87.8 cm³/mol. The third kappa shape index (κ3) is 4.14. The number of hydrogen-bond donors (Lipinski definition) is 1. The van der Waals surface area contributed by atoms with Gasteiger partial charge in [-0.1, -0.05) is 37.9 Å². The summed E-state index contributed by atoms with van der Waals surface area (Å²) in [5.74, 6) is 1.37. The molecular weight excluding hydrogens is 308 g/mol. The summed E-state index contributed by atoms with van der Waals surface area (Å²) in [5.41, 5.74) is 0.557. The lowest BCUT2D eigenvalue weighted by Crippen LogP contribution is -2.19. The summed E-state index contributed by atoms with van der Waals surface area (Å²) in [6, 6.07) is 4.93. The van der Waals surface area contributed by atoms with Crippen LogP contribution in [0.15, 0.2) is 27.5 Å². The lowest BCUT2D eigenvalue weighted by Gasteiger charge is -2.18. The van der Waals surface area contributed by atoms with Gasteiger partial charge in [-0.2, -0.15) is 8.42 Å². The molecule has 7 heteroatoms. The molecule has 0 saturated heterocycles. The number of amidine groups is 1. The second kappa shape index (κ2) is 7.17. The SMILES string of the molecule is CCCCCCSC1=NS(=O)(=O)c2cc(OC)ccc2N1. The van der Waals surface area contributed by atoms with E-state index in [0.717, 1.165) is 18.6 Å². The molecule has 1 heterocycles. The van der Waals surface area contributed by atoms with Crippen molar-refractivity contribution in [1.29, 1.82) is 0 Å². The van der Waals surface area contributed by atoms with Crippen LogP contribution in [-0.2, 0) is 10.0 Å². The highest BCUT2D eigenvalue weighted by molar-refractivity contribution is 8.14. The van der Waals surface area contributed by atoms with E-state index >= 15 is 0 Å². The Labute approximate surface area is 130 Å². The lowest BCUT2D eigenvalue weighted by molar-refractivity contribution is 0.413. The summed E-state index contributed by atoms with van der Waals surface area (Å²) < 4.78 is 33.3. The Morgan fingerprint density at radius 1 is 1.29 bits per heavy atom. The van der Waals surface area contributed by atoms with Gasteiger partial charge in [0, 0.05) is 11.8 Å². The molecule has 0 spiro atoms. The van der Waals surface area contributed by atoms with Crippen LogP contribution in [0.3, 0.4) is 0 Å². The Morgan fingerprint density at radius 3 is 2.81 bits per heavy atom. The van der Waals surface area contributed by atoms with Gasteiger partial charge in [-0.25, -0.2) is 0 Å². The third-order valence-electron chi connectivity index (χ3n) is 3.15. The zero-order valence-corrected chi connectivity index (χ0v) is 13.9. The Balaban J connectivity index is 2.07. The number of nitrogens with zero attached hydrogens (tertiary/aromatic N) is 1. The molecule has 1 aliphatic heterocycles. The lowest BCUT2D eigenvalue weighted by atomic mass is 10.2. The van der Waals surface area contributed by atoms with Crippen molar-refractivity contribution in [1.82, 2.24) is 0 Å². The first-order chi connectivity index (χ1) is 10.1. The minimum Gasteiger partial charge on any atom is -0.497 e. The van der Waals surface area contributed by atoms with E-state index in [1.165, 1.54) is 37.8 Å². The van der Waals surface area contributed by atoms with Crippen molar-refractivity contribution in [3.8, 4) is 5.75 Å². The van der Waals surface area contributed by atoms with Gasteiger partial charge in [0.1, 0.15) is 10.6 Å². The van der Waals surface area contributed by atoms with Gasteiger partial charge in [0.2, 0.25) is 0 Å². The molecule has 0 saturated carbocycles. The fraction of sp³-hybridized carbons (Fsp3) is 0.500. The summed E-state index contributed by atoms with van der Waals surface area (Å²) in [4.78, 5) is 0.164. The largest absolute Gasteiger partial charge is 0.497 e. The number of nitrogens with one attached hydrogen (secondary N) is 1. The van der Waals surface area contributed by atoms with Crippen LogP contribution in [0.4, 0.5) is 5.69 Å². The van der Waals surface area contributed by atoms with Crippen molar-refractivity contribution < 1.29 is 13.2 Å². The molecule has 2 rings (SSSR count). The van der Waals surface area contributed by atoms with E-state index in [2.05, 4.69) is 16.6 Å². The summed E-state index contributed by atoms with van der Waals surface area (Å²) in [7, 11) is -2.14. The van der Waals surface area contributed by atoms with Gasteiger partial charge < -0.3 is 10.1 Å². The minimum absolute atomic E-state index is 0.164. The molecule has 1 aliphatic rings. The molecule has 0 bridgehead atoms. The number of thioether (sulfide) groups is 1. The van der Waals surface area contributed by atoms with Crippen molar-refractivity contribution in [3.63, 3.8) is 0 Å². The van der Waals surface area contributed by atoms with Gasteiger partial charge in [-0.05, 0) is 18.6 Å². The van der Waals surface area contributed by atoms with Crippen molar-refractivity contribution in [3.05, 3.63) is 18.2 Å². The van der Waals surface area contributed by atoms with Crippen LogP contribution < -0.4 is 10.1 Å². The average Bonchev–Trinajstić information content (AvgIpc) is 2.46. The molecule has 5 nitrogen and oxygen atoms in total. The van der Waals surface area contributed by atoms with Crippen LogP contribution in [0.1, 0.15) is 32.6 Å². The Kier molecular flexibility index (Phi) is 5.52. The predicted octanol–water partition coefficient (Wildman–Crippen LogP) is 3.48. The summed E-state index contributed by atoms with van der Waals surface area (Å²) >= 11 is 1.45. The van der Waals surface area contributed by atoms with E-state index in [0.29, 0.717) is 16.6 Å². The van der Waals surface area contributed by atoms with Crippen molar-refractivity contribution >= 4 is 32.6 Å². The molecule has 0 aliphatic carbocycles. The minimum atomic E-state index is -3.65. The number of fused-ring (bicyclic) bond motifs is 1. The summed E-state index contributed by atoms with van der Waals surface area (Å²) in [6.07, 6.45) is 4.63. The normalized spacial score (nSPS) is 15.8. The van der Waals surface area contributed by atoms with Crippen LogP contribution in [0.25, 0.3) is 0 Å². The summed E-state index contributed by atoms with van der Waals surface area (Å²) in [6.45, 7) is 2.16. The van der Waals surface area contributed by atoms with Crippen LogP contribution >= 0.6 is 11.8 Å². The van der Waals surface area contributed by atoms with E-state index in [1.807, 2.05) is 0 Å². The second-order valence-electron chi connectivity index (χ2n) is 4.77. The maximum absolute atomic E-state index is 12.2. The molecular formula is C14H20N2O3S2. The van der Waals surface area contributed by atoms with Crippen LogP contribution in [0.5, 0.6) is 5.75 Å². The van der Waals surface area contributed by atoms with E-state index in [1.54, 1.807) is 12.1 Å². The first kappa shape index (κ1) is 16.2. The van der Waals surface area contributed by atoms with Gasteiger partial charge in [-0.15, -0.1) is 4.40 Å². The maximum atomic E-state index is 12.2. The van der Waals surface area contributed by atoms with E-state index in [9.17, 15) is 8.42 Å². The molecule has 0 atom stereocenters. The molecule has 0 fully saturated rings. The number of hydrogen-bond acceptors (Lipinski definition) is 5. The van der Waals surface area contributed by atoms with Crippen molar-refractivity contribution in [2.45, 2.75) is 37.5 Å². The maximum Gasteiger partial charge on any atom is 0.286 e. The second-order valence-corrected chi connectivity index (χ2v) is 7.42. The highest BCUT2D eigenvalue weighted by Gasteiger charge is 2.25. The third-order valence-corrected chi connectivity index (χ3v) is 5.54. The first-order valence-electron chi connectivity index (χ1n) is 6.99. The number of benzene rings is 1. The monoisotopic (exact) mass is 328 g/mol. The quantitative estimate of drug-likeness (QED) is 0.810. The highest BCUT2D eigenvalue weighted by atomic mass is 32.2. The fourth-order valence-corrected chi connectivity index (χ4v) is 4.26. The Morgan fingerprint density at radius 2 is 2.10 bits per heavy atom. The molecule has 1 aromatic carbocycles. The van der Waals surface area contributed by atoms with E-state index in [4.69, 9.17) is 4.74 Å². The van der Waals surface area contributed by atoms with Gasteiger partial charge in [0.05, 0.1) is 12.8 Å². The topological polar surface area (TPSA) is 67.8 Å². The highest BCUT2D eigenvalue weighted by Crippen LogP contribution is 2.32. The molecule has 0 aromatic heterocycles. The van der Waals surface area contributed by atoms with Crippen molar-refractivity contribution in [2.75, 3.05) is 18.2 Å². The van der Waals surface area contributed by atoms with Gasteiger partial charge in [-0.3, -0.25) is 0 Å². The zero-order chi connectivity index (χ0) is 15.3. The molecule has 116 valence electrons. The van der Waals surface area contributed by atoms with Crippen LogP contribution in [0.2, 0.25) is 0 Å².